The molecule has 270 valence electrons. The zero-order valence-electron chi connectivity index (χ0n) is 31.7. The fourth-order valence-corrected chi connectivity index (χ4v) is 9.33. The molecule has 0 saturated carbocycles. The minimum absolute atomic E-state index is 1.12. The summed E-state index contributed by atoms with van der Waals surface area (Å²) in [7, 11) is 0. The monoisotopic (exact) mass is 736 g/mol. The highest BCUT2D eigenvalue weighted by Gasteiger charge is 2.23. The second-order valence-corrected chi connectivity index (χ2v) is 15.4. The number of rotatable bonds is 6. The molecule has 0 aliphatic rings. The summed E-state index contributed by atoms with van der Waals surface area (Å²) in [6, 6.07) is 80.3. The van der Waals surface area contributed by atoms with Crippen molar-refractivity contribution in [3.8, 4) is 0 Å². The normalized spacial score (nSPS) is 11.8. The molecule has 0 amide bonds. The van der Waals surface area contributed by atoms with Crippen molar-refractivity contribution < 1.29 is 0 Å². The molecule has 0 aliphatic carbocycles. The van der Waals surface area contributed by atoms with Gasteiger partial charge < -0.3 is 9.80 Å². The van der Waals surface area contributed by atoms with Gasteiger partial charge in [-0.2, -0.15) is 0 Å². The number of para-hydroxylation sites is 2. The third-order valence-corrected chi connectivity index (χ3v) is 12.0. The molecule has 0 saturated heterocycles. The van der Waals surface area contributed by atoms with Crippen LogP contribution in [0.4, 0.5) is 34.1 Å². The molecule has 0 unspecified atom stereocenters. The second kappa shape index (κ2) is 12.9. The van der Waals surface area contributed by atoms with Crippen molar-refractivity contribution in [2.75, 3.05) is 9.80 Å². The number of hydrogen-bond donors (Lipinski definition) is 0. The Hall–Kier alpha value is -7.68. The van der Waals surface area contributed by atoms with Crippen LogP contribution < -0.4 is 9.80 Å². The molecule has 0 aliphatic heterocycles. The van der Waals surface area contributed by atoms with Crippen LogP contribution in [0.5, 0.6) is 0 Å². The van der Waals surface area contributed by atoms with Gasteiger partial charge in [0.2, 0.25) is 0 Å². The van der Waals surface area contributed by atoms with Gasteiger partial charge in [-0.15, -0.1) is 0 Å². The van der Waals surface area contributed by atoms with E-state index in [1.54, 1.807) is 0 Å². The molecule has 0 radical (unpaired) electrons. The van der Waals surface area contributed by atoms with Crippen LogP contribution in [-0.4, -0.2) is 0 Å². The Bertz CT molecular complexity index is 3280. The van der Waals surface area contributed by atoms with E-state index in [4.69, 9.17) is 0 Å². The van der Waals surface area contributed by atoms with Crippen LogP contribution in [-0.2, 0) is 0 Å². The van der Waals surface area contributed by atoms with E-state index in [1.165, 1.54) is 75.4 Å². The minimum Gasteiger partial charge on any atom is -0.310 e. The minimum atomic E-state index is 1.12. The van der Waals surface area contributed by atoms with Crippen LogP contribution in [0, 0.1) is 0 Å². The molecule has 0 aromatic heterocycles. The summed E-state index contributed by atoms with van der Waals surface area (Å²) in [4.78, 5) is 4.88. The third kappa shape index (κ3) is 5.19. The van der Waals surface area contributed by atoms with Crippen molar-refractivity contribution in [2.45, 2.75) is 0 Å². The first-order chi connectivity index (χ1) is 28.7. The average Bonchev–Trinajstić information content (AvgIpc) is 3.28. The summed E-state index contributed by atoms with van der Waals surface area (Å²) >= 11 is 0. The summed E-state index contributed by atoms with van der Waals surface area (Å²) in [6.07, 6.45) is 0. The molecule has 0 atom stereocenters. The zero-order valence-corrected chi connectivity index (χ0v) is 31.7. The van der Waals surface area contributed by atoms with Gasteiger partial charge in [0.1, 0.15) is 0 Å². The van der Waals surface area contributed by atoms with Crippen LogP contribution in [0.1, 0.15) is 0 Å². The lowest BCUT2D eigenvalue weighted by Crippen LogP contribution is -2.12. The van der Waals surface area contributed by atoms with Crippen LogP contribution in [0.3, 0.4) is 0 Å². The zero-order chi connectivity index (χ0) is 38.2. The molecule has 12 rings (SSSR count). The lowest BCUT2D eigenvalue weighted by atomic mass is 9.91. The molecule has 0 N–H and O–H groups in total. The fourth-order valence-electron chi connectivity index (χ4n) is 9.33. The van der Waals surface area contributed by atoms with Crippen LogP contribution >= 0.6 is 0 Å². The summed E-state index contributed by atoms with van der Waals surface area (Å²) in [5.41, 5.74) is 6.82. The van der Waals surface area contributed by atoms with Crippen molar-refractivity contribution in [2.24, 2.45) is 0 Å². The van der Waals surface area contributed by atoms with Crippen molar-refractivity contribution in [3.05, 3.63) is 218 Å². The maximum absolute atomic E-state index is 2.44. The van der Waals surface area contributed by atoms with E-state index in [0.717, 1.165) is 34.1 Å². The fraction of sp³-hybridized carbons (Fsp3) is 0. The van der Waals surface area contributed by atoms with Crippen LogP contribution in [0.25, 0.3) is 75.4 Å². The molecule has 0 fully saturated rings. The first-order valence-electron chi connectivity index (χ1n) is 20.0. The molecular weight excluding hydrogens is 701 g/mol. The largest absolute Gasteiger partial charge is 0.310 e. The van der Waals surface area contributed by atoms with Crippen molar-refractivity contribution in [1.29, 1.82) is 0 Å². The molecule has 0 spiro atoms. The topological polar surface area (TPSA) is 6.48 Å². The highest BCUT2D eigenvalue weighted by atomic mass is 15.2. The number of anilines is 6. The van der Waals surface area contributed by atoms with Gasteiger partial charge in [-0.1, -0.05) is 133 Å². The smallest absolute Gasteiger partial charge is 0.0546 e. The maximum Gasteiger partial charge on any atom is 0.0546 e. The van der Waals surface area contributed by atoms with Crippen molar-refractivity contribution in [3.63, 3.8) is 0 Å². The third-order valence-electron chi connectivity index (χ3n) is 12.0. The Balaban J connectivity index is 1.09. The Morgan fingerprint density at radius 3 is 0.966 bits per heavy atom. The Morgan fingerprint density at radius 2 is 0.552 bits per heavy atom. The summed E-state index contributed by atoms with van der Waals surface area (Å²) < 4.78 is 0. The van der Waals surface area contributed by atoms with Crippen molar-refractivity contribution >= 4 is 110 Å². The Morgan fingerprint density at radius 1 is 0.207 bits per heavy atom. The highest BCUT2D eigenvalue weighted by molar-refractivity contribution is 6.29. The quantitative estimate of drug-likeness (QED) is 0.124. The maximum atomic E-state index is 2.44. The predicted molar refractivity (Wildman–Crippen MR) is 250 cm³/mol. The van der Waals surface area contributed by atoms with E-state index >= 15 is 0 Å². The summed E-state index contributed by atoms with van der Waals surface area (Å²) in [6.45, 7) is 0. The van der Waals surface area contributed by atoms with E-state index in [-0.39, 0.29) is 0 Å². The molecule has 0 heterocycles. The highest BCUT2D eigenvalue weighted by Crippen LogP contribution is 2.49. The molecule has 2 heteroatoms. The molecule has 0 bridgehead atoms. The molecule has 12 aromatic carbocycles. The van der Waals surface area contributed by atoms with Gasteiger partial charge in [0.05, 0.1) is 11.4 Å². The number of hydrogen-bond acceptors (Lipinski definition) is 2. The lowest BCUT2D eigenvalue weighted by Gasteiger charge is -2.30. The van der Waals surface area contributed by atoms with Gasteiger partial charge in [0.15, 0.2) is 0 Å². The van der Waals surface area contributed by atoms with E-state index in [9.17, 15) is 0 Å². The van der Waals surface area contributed by atoms with Crippen LogP contribution in [0.2, 0.25) is 0 Å². The van der Waals surface area contributed by atoms with E-state index in [0.29, 0.717) is 0 Å². The van der Waals surface area contributed by atoms with E-state index < -0.39 is 0 Å². The van der Waals surface area contributed by atoms with Crippen molar-refractivity contribution in [1.82, 2.24) is 0 Å². The SMILES string of the molecule is c1ccc(N(c2ccc3cc4ccccc4cc3c2)c2cc3cccc4c(N(c5ccccc5)c5ccc6cc7ccccc7cc6c5)cc5cccc2c5c34)cc1. The Kier molecular flexibility index (Phi) is 7.26. The number of nitrogens with zero attached hydrogens (tertiary/aromatic N) is 2. The lowest BCUT2D eigenvalue weighted by molar-refractivity contribution is 1.30. The first kappa shape index (κ1) is 32.6. The Labute approximate surface area is 336 Å². The standard InChI is InChI=1S/C56H36N2/c1-3-19-47(20-4-1)57(49-27-25-41-29-37-13-7-9-15-39(37)31-45(41)33-49)53-35-43-17-12-24-52-54(36-44-18-11-23-51(53)55(44)56(43)52)58(48-21-5-2-6-22-48)50-28-26-42-30-38-14-8-10-16-40(38)32-46(42)34-50/h1-36H. The first-order valence-corrected chi connectivity index (χ1v) is 20.0. The second-order valence-electron chi connectivity index (χ2n) is 15.4. The van der Waals surface area contributed by atoms with Gasteiger partial charge in [0.25, 0.3) is 0 Å². The van der Waals surface area contributed by atoms with Gasteiger partial charge >= 0.3 is 0 Å². The average molecular weight is 737 g/mol. The van der Waals surface area contributed by atoms with Crippen LogP contribution in [0.15, 0.2) is 218 Å². The van der Waals surface area contributed by atoms with Gasteiger partial charge in [-0.25, -0.2) is 0 Å². The van der Waals surface area contributed by atoms with Gasteiger partial charge in [0, 0.05) is 33.5 Å². The van der Waals surface area contributed by atoms with E-state index in [2.05, 4.69) is 228 Å². The molecular formula is C56H36N2. The molecule has 12 aromatic rings. The summed E-state index contributed by atoms with van der Waals surface area (Å²) in [5, 5.41) is 17.4. The number of fused-ring (bicyclic) bond motifs is 4. The van der Waals surface area contributed by atoms with Gasteiger partial charge in [-0.3, -0.25) is 0 Å². The summed E-state index contributed by atoms with van der Waals surface area (Å²) in [5.74, 6) is 0. The van der Waals surface area contributed by atoms with Gasteiger partial charge in [-0.05, 0) is 150 Å². The molecule has 2 nitrogen and oxygen atoms in total. The number of benzene rings is 12. The predicted octanol–water partition coefficient (Wildman–Crippen LogP) is 16.1. The van der Waals surface area contributed by atoms with E-state index in [1.807, 2.05) is 0 Å². The molecule has 58 heavy (non-hydrogen) atoms.